The van der Waals surface area contributed by atoms with Gasteiger partial charge in [0.1, 0.15) is 5.16 Å². The van der Waals surface area contributed by atoms with Crippen molar-refractivity contribution in [2.45, 2.75) is 13.8 Å². The normalized spacial score (nSPS) is 15.7. The Labute approximate surface area is 116 Å². The zero-order valence-electron chi connectivity index (χ0n) is 10.3. The highest BCUT2D eigenvalue weighted by atomic mass is 35.5. The molecule has 0 aromatic heterocycles. The first-order valence-electron chi connectivity index (χ1n) is 5.69. The van der Waals surface area contributed by atoms with Gasteiger partial charge in [-0.2, -0.15) is 0 Å². The third-order valence-corrected chi connectivity index (χ3v) is 3.46. The first kappa shape index (κ1) is 14.9. The van der Waals surface area contributed by atoms with Crippen molar-refractivity contribution < 1.29 is 4.92 Å². The van der Waals surface area contributed by atoms with E-state index < -0.39 is 4.92 Å². The lowest BCUT2D eigenvalue weighted by atomic mass is 10.4. The summed E-state index contributed by atoms with van der Waals surface area (Å²) < 4.78 is 0. The van der Waals surface area contributed by atoms with Gasteiger partial charge in [0, 0.05) is 26.2 Å². The van der Waals surface area contributed by atoms with Gasteiger partial charge in [-0.3, -0.25) is 10.1 Å². The minimum absolute atomic E-state index is 0.0535. The second kappa shape index (κ2) is 6.70. The smallest absolute Gasteiger partial charge is 0.330 e. The Morgan fingerprint density at radius 1 is 1.33 bits per heavy atom. The summed E-state index contributed by atoms with van der Waals surface area (Å²) in [6.45, 7) is 6.32. The van der Waals surface area contributed by atoms with Crippen LogP contribution in [0.5, 0.6) is 0 Å². The molecular formula is C10H16Cl2N4O2. The van der Waals surface area contributed by atoms with Gasteiger partial charge in [-0.05, 0) is 13.8 Å². The zero-order valence-corrected chi connectivity index (χ0v) is 11.8. The zero-order chi connectivity index (χ0) is 13.7. The molecule has 0 aliphatic carbocycles. The molecule has 18 heavy (non-hydrogen) atoms. The number of nitro groups is 1. The number of hydrogen-bond acceptors (Lipinski definition) is 5. The standard InChI is InChI=1S/C10H16Cl2N4O2/c1-3-15(4-2)9(12)7(11)8(16(17)18)10-13-5-6-14-10/h13-14H,3-6H2,1-2H3/b9-7+. The predicted octanol–water partition coefficient (Wildman–Crippen LogP) is 1.61. The van der Waals surface area contributed by atoms with E-state index in [0.717, 1.165) is 0 Å². The lowest BCUT2D eigenvalue weighted by Gasteiger charge is -2.20. The van der Waals surface area contributed by atoms with E-state index in [1.165, 1.54) is 0 Å². The summed E-state index contributed by atoms with van der Waals surface area (Å²) in [7, 11) is 0. The van der Waals surface area contributed by atoms with E-state index in [1.54, 1.807) is 4.90 Å². The van der Waals surface area contributed by atoms with Crippen LogP contribution in [-0.2, 0) is 0 Å². The van der Waals surface area contributed by atoms with E-state index in [9.17, 15) is 10.1 Å². The summed E-state index contributed by atoms with van der Waals surface area (Å²) in [5.41, 5.74) is -0.217. The van der Waals surface area contributed by atoms with Crippen LogP contribution in [0.25, 0.3) is 0 Å². The molecular weight excluding hydrogens is 279 g/mol. The lowest BCUT2D eigenvalue weighted by molar-refractivity contribution is -0.421. The minimum atomic E-state index is -0.533. The maximum Gasteiger partial charge on any atom is 0.330 e. The van der Waals surface area contributed by atoms with E-state index in [0.29, 0.717) is 32.0 Å². The Morgan fingerprint density at radius 2 is 1.83 bits per heavy atom. The van der Waals surface area contributed by atoms with Crippen LogP contribution in [0.4, 0.5) is 0 Å². The third-order valence-electron chi connectivity index (χ3n) is 2.58. The third kappa shape index (κ3) is 3.20. The van der Waals surface area contributed by atoms with E-state index in [1.807, 2.05) is 13.8 Å². The summed E-state index contributed by atoms with van der Waals surface area (Å²) >= 11 is 12.1. The molecule has 8 heteroatoms. The molecule has 0 saturated carbocycles. The predicted molar refractivity (Wildman–Crippen MR) is 71.7 cm³/mol. The molecule has 1 saturated heterocycles. The van der Waals surface area contributed by atoms with E-state index in [2.05, 4.69) is 10.6 Å². The van der Waals surface area contributed by atoms with Gasteiger partial charge in [-0.25, -0.2) is 0 Å². The van der Waals surface area contributed by atoms with Crippen molar-refractivity contribution >= 4 is 23.2 Å². The number of allylic oxidation sites excluding steroid dienone is 1. The lowest BCUT2D eigenvalue weighted by Crippen LogP contribution is -2.23. The molecule has 1 aliphatic heterocycles. The molecule has 0 bridgehead atoms. The molecule has 1 fully saturated rings. The average Bonchev–Trinajstić information content (AvgIpc) is 2.83. The summed E-state index contributed by atoms with van der Waals surface area (Å²) in [5.74, 6) is 0.315. The van der Waals surface area contributed by atoms with Crippen LogP contribution >= 0.6 is 23.2 Å². The van der Waals surface area contributed by atoms with Gasteiger partial charge in [-0.1, -0.05) is 23.2 Å². The fraction of sp³-hybridized carbons (Fsp3) is 0.600. The Balaban J connectivity index is 3.17. The van der Waals surface area contributed by atoms with Crippen LogP contribution in [0.1, 0.15) is 13.8 Å². The number of hydrogen-bond donors (Lipinski definition) is 2. The van der Waals surface area contributed by atoms with Gasteiger partial charge < -0.3 is 15.5 Å². The maximum absolute atomic E-state index is 11.1. The van der Waals surface area contributed by atoms with Crippen LogP contribution in [0.15, 0.2) is 21.7 Å². The van der Waals surface area contributed by atoms with Gasteiger partial charge in [0.05, 0.1) is 4.92 Å². The average molecular weight is 295 g/mol. The van der Waals surface area contributed by atoms with Crippen LogP contribution in [0.3, 0.4) is 0 Å². The highest BCUT2D eigenvalue weighted by Crippen LogP contribution is 2.26. The molecule has 0 spiro atoms. The number of rotatable bonds is 5. The van der Waals surface area contributed by atoms with Gasteiger partial charge in [0.15, 0.2) is 10.9 Å². The van der Waals surface area contributed by atoms with Crippen LogP contribution in [-0.4, -0.2) is 36.0 Å². The van der Waals surface area contributed by atoms with Crippen molar-refractivity contribution in [2.24, 2.45) is 0 Å². The number of nitrogens with one attached hydrogen (secondary N) is 2. The molecule has 1 aliphatic rings. The van der Waals surface area contributed by atoms with Crippen molar-refractivity contribution in [3.05, 3.63) is 31.8 Å². The molecule has 6 nitrogen and oxygen atoms in total. The first-order valence-corrected chi connectivity index (χ1v) is 6.45. The second-order valence-corrected chi connectivity index (χ2v) is 4.35. The molecule has 0 radical (unpaired) electrons. The van der Waals surface area contributed by atoms with Crippen molar-refractivity contribution in [1.29, 1.82) is 0 Å². The highest BCUT2D eigenvalue weighted by molar-refractivity contribution is 6.40. The van der Waals surface area contributed by atoms with E-state index >= 15 is 0 Å². The summed E-state index contributed by atoms with van der Waals surface area (Å²) in [6.07, 6.45) is 0. The maximum atomic E-state index is 11.1. The molecule has 0 atom stereocenters. The van der Waals surface area contributed by atoms with Crippen molar-refractivity contribution in [2.75, 3.05) is 26.2 Å². The molecule has 2 N–H and O–H groups in total. The molecule has 0 aromatic rings. The van der Waals surface area contributed by atoms with Crippen molar-refractivity contribution in [1.82, 2.24) is 15.5 Å². The first-order chi connectivity index (χ1) is 8.52. The molecule has 1 heterocycles. The minimum Gasteiger partial charge on any atom is -0.364 e. The summed E-state index contributed by atoms with van der Waals surface area (Å²) in [4.78, 5) is 12.3. The SMILES string of the molecule is CCN(CC)/C(Cl)=C(/Cl)C(=C1NCCN1)[N+](=O)[O-]. The van der Waals surface area contributed by atoms with Crippen LogP contribution in [0, 0.1) is 10.1 Å². The van der Waals surface area contributed by atoms with Gasteiger partial charge in [0.2, 0.25) is 0 Å². The van der Waals surface area contributed by atoms with E-state index in [4.69, 9.17) is 23.2 Å². The van der Waals surface area contributed by atoms with Crippen molar-refractivity contribution in [3.8, 4) is 0 Å². The van der Waals surface area contributed by atoms with Gasteiger partial charge >= 0.3 is 5.70 Å². The quantitative estimate of drug-likeness (QED) is 0.458. The molecule has 0 amide bonds. The second-order valence-electron chi connectivity index (χ2n) is 3.61. The van der Waals surface area contributed by atoms with Crippen LogP contribution < -0.4 is 10.6 Å². The molecule has 1 rings (SSSR count). The van der Waals surface area contributed by atoms with E-state index in [-0.39, 0.29) is 15.9 Å². The largest absolute Gasteiger partial charge is 0.364 e. The number of halogens is 2. The fourth-order valence-corrected chi connectivity index (χ4v) is 2.24. The Hall–Kier alpha value is -1.14. The molecule has 102 valence electrons. The Kier molecular flexibility index (Phi) is 5.55. The van der Waals surface area contributed by atoms with Gasteiger partial charge in [-0.15, -0.1) is 0 Å². The highest BCUT2D eigenvalue weighted by Gasteiger charge is 2.28. The monoisotopic (exact) mass is 294 g/mol. The van der Waals surface area contributed by atoms with Gasteiger partial charge in [0.25, 0.3) is 0 Å². The Morgan fingerprint density at radius 3 is 2.22 bits per heavy atom. The summed E-state index contributed by atoms with van der Waals surface area (Å²) in [5, 5.41) is 17.0. The summed E-state index contributed by atoms with van der Waals surface area (Å²) in [6, 6.07) is 0. The topological polar surface area (TPSA) is 70.4 Å². The molecule has 0 unspecified atom stereocenters. The Bertz CT molecular complexity index is 383. The van der Waals surface area contributed by atoms with Crippen LogP contribution in [0.2, 0.25) is 0 Å². The fourth-order valence-electron chi connectivity index (χ4n) is 1.62. The van der Waals surface area contributed by atoms with Crippen molar-refractivity contribution in [3.63, 3.8) is 0 Å². The number of nitrogens with zero attached hydrogens (tertiary/aromatic N) is 2. The molecule has 0 aromatic carbocycles.